The van der Waals surface area contributed by atoms with E-state index in [1.54, 1.807) is 0 Å². The molecule has 2 aromatic carbocycles. The molecule has 0 spiro atoms. The number of ether oxygens (including phenoxy) is 1. The Hall–Kier alpha value is -3.46. The van der Waals surface area contributed by atoms with Crippen LogP contribution < -0.4 is 5.32 Å². The van der Waals surface area contributed by atoms with Crippen molar-refractivity contribution in [2.24, 2.45) is 0 Å². The van der Waals surface area contributed by atoms with E-state index in [0.717, 1.165) is 34.5 Å². The lowest BCUT2D eigenvalue weighted by atomic mass is 9.98. The number of pyridine rings is 1. The second-order valence-corrected chi connectivity index (χ2v) is 8.01. The van der Waals surface area contributed by atoms with E-state index in [-0.39, 0.29) is 35.3 Å². The minimum absolute atomic E-state index is 0.0606. The number of carbonyl (C=O) groups excluding carboxylic acids is 1. The molecule has 4 N–H and O–H groups in total. The maximum Gasteiger partial charge on any atom is 0.407 e. The fourth-order valence-corrected chi connectivity index (χ4v) is 4.18. The number of hydrogen-bond acceptors (Lipinski definition) is 6. The van der Waals surface area contributed by atoms with E-state index >= 15 is 0 Å². The van der Waals surface area contributed by atoms with Gasteiger partial charge in [-0.2, -0.15) is 0 Å². The van der Waals surface area contributed by atoms with Crippen LogP contribution in [0.1, 0.15) is 39.1 Å². The van der Waals surface area contributed by atoms with Gasteiger partial charge in [0.05, 0.1) is 5.56 Å². The highest BCUT2D eigenvalue weighted by Crippen LogP contribution is 2.44. The number of aromatic nitrogens is 1. The number of aliphatic hydroxyl groups excluding tert-OH is 2. The summed E-state index contributed by atoms with van der Waals surface area (Å²) in [6, 6.07) is 16.9. The third-order valence-corrected chi connectivity index (χ3v) is 5.82. The predicted molar refractivity (Wildman–Crippen MR) is 120 cm³/mol. The SMILES string of the molecule is O=C(NCC(O)C(O)c1cnc(Cl)cc1C(=O)O)OCC1c2ccccc2-c2ccccc21. The fraction of sp³-hybridized carbons (Fsp3) is 0.208. The first-order chi connectivity index (χ1) is 15.9. The number of carboxylic acids is 1. The standard InChI is InChI=1S/C24H21ClN2O6/c25-21-9-17(23(30)31)18(10-26-21)22(29)20(28)11-27-24(32)33-12-19-15-7-3-1-5-13(15)14-6-2-4-8-16(14)19/h1-10,19-20,22,28-29H,11-12H2,(H,27,32)(H,30,31). The van der Waals surface area contributed by atoms with Crippen molar-refractivity contribution < 1.29 is 29.6 Å². The molecule has 0 bridgehead atoms. The summed E-state index contributed by atoms with van der Waals surface area (Å²) in [6.45, 7) is -0.262. The van der Waals surface area contributed by atoms with Gasteiger partial charge in [-0.25, -0.2) is 14.6 Å². The van der Waals surface area contributed by atoms with Crippen molar-refractivity contribution in [2.75, 3.05) is 13.2 Å². The molecule has 1 aliphatic rings. The van der Waals surface area contributed by atoms with Crippen molar-refractivity contribution in [3.05, 3.63) is 88.2 Å². The van der Waals surface area contributed by atoms with Crippen molar-refractivity contribution in [1.29, 1.82) is 0 Å². The van der Waals surface area contributed by atoms with Gasteiger partial charge >= 0.3 is 12.1 Å². The molecule has 0 saturated heterocycles. The number of fused-ring (bicyclic) bond motifs is 3. The highest BCUT2D eigenvalue weighted by atomic mass is 35.5. The number of aromatic carboxylic acids is 1. The number of carboxylic acid groups (broad SMARTS) is 1. The normalized spacial score (nSPS) is 14.2. The summed E-state index contributed by atoms with van der Waals surface area (Å²) < 4.78 is 5.39. The summed E-state index contributed by atoms with van der Waals surface area (Å²) in [7, 11) is 0. The molecule has 0 aliphatic heterocycles. The largest absolute Gasteiger partial charge is 0.478 e. The second-order valence-electron chi connectivity index (χ2n) is 7.62. The molecular formula is C24H21ClN2O6. The Morgan fingerprint density at radius 2 is 1.67 bits per heavy atom. The quantitative estimate of drug-likeness (QED) is 0.391. The number of halogens is 1. The third kappa shape index (κ3) is 4.68. The lowest BCUT2D eigenvalue weighted by molar-refractivity contribution is 0.0173. The van der Waals surface area contributed by atoms with Crippen LogP contribution in [0.2, 0.25) is 5.15 Å². The second kappa shape index (κ2) is 9.58. The molecule has 0 radical (unpaired) electrons. The monoisotopic (exact) mass is 468 g/mol. The van der Waals surface area contributed by atoms with Gasteiger partial charge in [-0.05, 0) is 28.3 Å². The van der Waals surface area contributed by atoms with Crippen LogP contribution >= 0.6 is 11.6 Å². The van der Waals surface area contributed by atoms with Crippen LogP contribution in [0, 0.1) is 0 Å². The topological polar surface area (TPSA) is 129 Å². The van der Waals surface area contributed by atoms with Crippen molar-refractivity contribution in [3.63, 3.8) is 0 Å². The summed E-state index contributed by atoms with van der Waals surface area (Å²) in [4.78, 5) is 27.4. The van der Waals surface area contributed by atoms with Gasteiger partial charge < -0.3 is 25.4 Å². The number of rotatable bonds is 7. The van der Waals surface area contributed by atoms with Crippen LogP contribution in [0.4, 0.5) is 4.79 Å². The van der Waals surface area contributed by atoms with Gasteiger partial charge in [0, 0.05) is 24.2 Å². The van der Waals surface area contributed by atoms with Gasteiger partial charge in [0.15, 0.2) is 0 Å². The van der Waals surface area contributed by atoms with Crippen LogP contribution in [-0.4, -0.2) is 51.6 Å². The number of aliphatic hydroxyl groups is 2. The maximum atomic E-state index is 12.3. The molecule has 1 aliphatic carbocycles. The first kappa shape index (κ1) is 22.7. The van der Waals surface area contributed by atoms with E-state index in [0.29, 0.717) is 0 Å². The van der Waals surface area contributed by atoms with Gasteiger partial charge in [-0.15, -0.1) is 0 Å². The lowest BCUT2D eigenvalue weighted by Gasteiger charge is -2.20. The number of alkyl carbamates (subject to hydrolysis) is 1. The highest BCUT2D eigenvalue weighted by molar-refractivity contribution is 6.29. The molecule has 1 heterocycles. The van der Waals surface area contributed by atoms with Crippen LogP contribution in [0.3, 0.4) is 0 Å². The average molecular weight is 469 g/mol. The summed E-state index contributed by atoms with van der Waals surface area (Å²) in [5.41, 5.74) is 3.94. The minimum atomic E-state index is -1.60. The number of amides is 1. The molecule has 1 amide bonds. The first-order valence-electron chi connectivity index (χ1n) is 10.2. The van der Waals surface area contributed by atoms with Crippen LogP contribution in [-0.2, 0) is 4.74 Å². The smallest absolute Gasteiger partial charge is 0.407 e. The Morgan fingerprint density at radius 3 is 2.27 bits per heavy atom. The lowest BCUT2D eigenvalue weighted by Crippen LogP contribution is -2.36. The predicted octanol–water partition coefficient (Wildman–Crippen LogP) is 3.37. The van der Waals surface area contributed by atoms with Crippen molar-refractivity contribution in [1.82, 2.24) is 10.3 Å². The number of benzene rings is 2. The molecular weight excluding hydrogens is 448 g/mol. The number of hydrogen-bond donors (Lipinski definition) is 4. The summed E-state index contributed by atoms with van der Waals surface area (Å²) in [5, 5.41) is 32.2. The van der Waals surface area contributed by atoms with Crippen molar-refractivity contribution in [2.45, 2.75) is 18.1 Å². The van der Waals surface area contributed by atoms with E-state index in [1.807, 2.05) is 48.5 Å². The first-order valence-corrected chi connectivity index (χ1v) is 10.6. The van der Waals surface area contributed by atoms with Crippen LogP contribution in [0.5, 0.6) is 0 Å². The van der Waals surface area contributed by atoms with Gasteiger partial charge in [0.25, 0.3) is 0 Å². The molecule has 170 valence electrons. The summed E-state index contributed by atoms with van der Waals surface area (Å²) in [6.07, 6.45) is -2.79. The van der Waals surface area contributed by atoms with E-state index in [1.165, 1.54) is 0 Å². The minimum Gasteiger partial charge on any atom is -0.478 e. The average Bonchev–Trinajstić information content (AvgIpc) is 3.14. The zero-order chi connectivity index (χ0) is 23.5. The third-order valence-electron chi connectivity index (χ3n) is 5.61. The molecule has 8 nitrogen and oxygen atoms in total. The fourth-order valence-electron chi connectivity index (χ4n) is 4.02. The highest BCUT2D eigenvalue weighted by Gasteiger charge is 2.29. The molecule has 1 aromatic heterocycles. The molecule has 2 atom stereocenters. The van der Waals surface area contributed by atoms with Gasteiger partial charge in [-0.3, -0.25) is 0 Å². The zero-order valence-electron chi connectivity index (χ0n) is 17.3. The Balaban J connectivity index is 1.36. The molecule has 3 aromatic rings. The van der Waals surface area contributed by atoms with Gasteiger partial charge in [-0.1, -0.05) is 60.1 Å². The molecule has 33 heavy (non-hydrogen) atoms. The van der Waals surface area contributed by atoms with Crippen molar-refractivity contribution >= 4 is 23.7 Å². The van der Waals surface area contributed by atoms with E-state index in [4.69, 9.17) is 16.3 Å². The zero-order valence-corrected chi connectivity index (χ0v) is 18.1. The molecule has 0 fully saturated rings. The van der Waals surface area contributed by atoms with E-state index in [9.17, 15) is 24.9 Å². The van der Waals surface area contributed by atoms with E-state index < -0.39 is 24.3 Å². The Labute approximate surface area is 194 Å². The van der Waals surface area contributed by atoms with Crippen LogP contribution in [0.15, 0.2) is 60.8 Å². The molecule has 4 rings (SSSR count). The van der Waals surface area contributed by atoms with Gasteiger partial charge in [0.2, 0.25) is 0 Å². The Kier molecular flexibility index (Phi) is 6.60. The van der Waals surface area contributed by atoms with Crippen molar-refractivity contribution in [3.8, 4) is 11.1 Å². The van der Waals surface area contributed by atoms with Gasteiger partial charge in [0.1, 0.15) is 24.0 Å². The van der Waals surface area contributed by atoms with Crippen LogP contribution in [0.25, 0.3) is 11.1 Å². The Bertz CT molecular complexity index is 1160. The molecule has 9 heteroatoms. The maximum absolute atomic E-state index is 12.3. The summed E-state index contributed by atoms with van der Waals surface area (Å²) in [5.74, 6) is -1.44. The Morgan fingerprint density at radius 1 is 1.06 bits per heavy atom. The number of carbonyl (C=O) groups is 2. The summed E-state index contributed by atoms with van der Waals surface area (Å²) >= 11 is 5.71. The molecule has 2 unspecified atom stereocenters. The number of nitrogens with zero attached hydrogens (tertiary/aromatic N) is 1. The molecule has 0 saturated carbocycles. The van der Waals surface area contributed by atoms with E-state index in [2.05, 4.69) is 10.3 Å². The number of nitrogens with one attached hydrogen (secondary N) is 1.